The fourth-order valence-corrected chi connectivity index (χ4v) is 2.64. The summed E-state index contributed by atoms with van der Waals surface area (Å²) in [5, 5.41) is 2.60. The van der Waals surface area contributed by atoms with Gasteiger partial charge in [0, 0.05) is 12.2 Å². The molecule has 132 valence electrons. The monoisotopic (exact) mass is 344 g/mol. The number of likely N-dealkylation sites (tertiary alicyclic amines) is 1. The quantitative estimate of drug-likeness (QED) is 0.877. The molecule has 1 aromatic heterocycles. The Morgan fingerprint density at radius 3 is 2.79 bits per heavy atom. The van der Waals surface area contributed by atoms with Gasteiger partial charge in [0.1, 0.15) is 12.4 Å². The van der Waals surface area contributed by atoms with Crippen LogP contribution >= 0.6 is 0 Å². The zero-order valence-electron chi connectivity index (χ0n) is 13.4. The number of anilines is 1. The van der Waals surface area contributed by atoms with Gasteiger partial charge in [-0.3, -0.25) is 14.5 Å². The Labute approximate surface area is 137 Å². The lowest BCUT2D eigenvalue weighted by atomic mass is 10.2. The van der Waals surface area contributed by atoms with Gasteiger partial charge in [-0.2, -0.15) is 13.2 Å². The number of pyridine rings is 1. The van der Waals surface area contributed by atoms with Gasteiger partial charge in [-0.05, 0) is 32.5 Å². The second-order valence-corrected chi connectivity index (χ2v) is 5.81. The lowest BCUT2D eigenvalue weighted by Gasteiger charge is -2.23. The van der Waals surface area contributed by atoms with Crippen molar-refractivity contribution in [2.45, 2.75) is 25.6 Å². The number of carbonyl (C=O) groups is 2. The Morgan fingerprint density at radius 1 is 1.46 bits per heavy atom. The van der Waals surface area contributed by atoms with Crippen molar-refractivity contribution in [3.63, 3.8) is 0 Å². The first kappa shape index (κ1) is 18.2. The molecule has 2 amide bonds. The number of hydrogen-bond acceptors (Lipinski definition) is 4. The van der Waals surface area contributed by atoms with E-state index < -0.39 is 24.7 Å². The van der Waals surface area contributed by atoms with Crippen LogP contribution in [-0.2, 0) is 9.59 Å². The van der Waals surface area contributed by atoms with Crippen LogP contribution in [0.3, 0.4) is 0 Å². The molecule has 6 nitrogen and oxygen atoms in total. The SMILES string of the molecule is Cc1cccc(NC(=O)CN(C)[C@@H]2CCN(CC(F)(F)F)C2=O)n1. The van der Waals surface area contributed by atoms with E-state index in [9.17, 15) is 22.8 Å². The Morgan fingerprint density at radius 2 is 2.17 bits per heavy atom. The topological polar surface area (TPSA) is 65.5 Å². The minimum atomic E-state index is -4.42. The molecule has 0 aromatic carbocycles. The van der Waals surface area contributed by atoms with Crippen LogP contribution in [-0.4, -0.2) is 65.5 Å². The standard InChI is InChI=1S/C15H19F3N4O2/c1-10-4-3-5-12(19-10)20-13(23)8-21(2)11-6-7-22(14(11)24)9-15(16,17)18/h3-5,11H,6-9H2,1-2H3,(H,19,20,23)/t11-/m1/s1. The molecule has 9 heteroatoms. The average Bonchev–Trinajstić information content (AvgIpc) is 2.78. The Kier molecular flexibility index (Phi) is 5.43. The van der Waals surface area contributed by atoms with Gasteiger partial charge >= 0.3 is 6.18 Å². The number of alkyl halides is 3. The first-order chi connectivity index (χ1) is 11.2. The van der Waals surface area contributed by atoms with Crippen molar-refractivity contribution in [1.29, 1.82) is 0 Å². The molecule has 0 bridgehead atoms. The van der Waals surface area contributed by atoms with Gasteiger partial charge in [0.15, 0.2) is 0 Å². The van der Waals surface area contributed by atoms with Crippen molar-refractivity contribution >= 4 is 17.6 Å². The van der Waals surface area contributed by atoms with Crippen LogP contribution in [0.5, 0.6) is 0 Å². The van der Waals surface area contributed by atoms with Crippen molar-refractivity contribution in [3.8, 4) is 0 Å². The van der Waals surface area contributed by atoms with E-state index in [1.807, 2.05) is 0 Å². The van der Waals surface area contributed by atoms with Crippen LogP contribution in [0.4, 0.5) is 19.0 Å². The maximum atomic E-state index is 12.4. The molecule has 0 spiro atoms. The third-order valence-electron chi connectivity index (χ3n) is 3.72. The second kappa shape index (κ2) is 7.16. The van der Waals surface area contributed by atoms with Crippen LogP contribution in [0.1, 0.15) is 12.1 Å². The van der Waals surface area contributed by atoms with Gasteiger partial charge in [0.05, 0.1) is 12.6 Å². The number of nitrogens with zero attached hydrogens (tertiary/aromatic N) is 3. The minimum absolute atomic E-state index is 0.0361. The predicted molar refractivity (Wildman–Crippen MR) is 81.3 cm³/mol. The number of hydrogen-bond donors (Lipinski definition) is 1. The molecule has 1 fully saturated rings. The summed E-state index contributed by atoms with van der Waals surface area (Å²) in [4.78, 5) is 30.4. The highest BCUT2D eigenvalue weighted by Gasteiger charge is 2.40. The van der Waals surface area contributed by atoms with Crippen LogP contribution in [0.25, 0.3) is 0 Å². The molecule has 2 heterocycles. The number of nitrogens with one attached hydrogen (secondary N) is 1. The fraction of sp³-hybridized carbons (Fsp3) is 0.533. The molecule has 2 rings (SSSR count). The molecule has 1 aliphatic heterocycles. The molecule has 1 aromatic rings. The Bertz CT molecular complexity index is 621. The van der Waals surface area contributed by atoms with Crippen molar-refractivity contribution < 1.29 is 22.8 Å². The minimum Gasteiger partial charge on any atom is -0.332 e. The summed E-state index contributed by atoms with van der Waals surface area (Å²) in [5.74, 6) is -0.584. The number of amides is 2. The lowest BCUT2D eigenvalue weighted by molar-refractivity contribution is -0.159. The maximum absolute atomic E-state index is 12.4. The molecule has 1 saturated heterocycles. The molecule has 1 aliphatic rings. The maximum Gasteiger partial charge on any atom is 0.406 e. The highest BCUT2D eigenvalue weighted by atomic mass is 19.4. The summed E-state index contributed by atoms with van der Waals surface area (Å²) in [5.41, 5.74) is 0.745. The van der Waals surface area contributed by atoms with Crippen LogP contribution in [0.2, 0.25) is 0 Å². The molecule has 0 aliphatic carbocycles. The highest BCUT2D eigenvalue weighted by Crippen LogP contribution is 2.22. The van der Waals surface area contributed by atoms with Crippen molar-refractivity contribution in [1.82, 2.24) is 14.8 Å². The summed E-state index contributed by atoms with van der Waals surface area (Å²) in [6.45, 7) is 0.462. The predicted octanol–water partition coefficient (Wildman–Crippen LogP) is 1.42. The first-order valence-corrected chi connectivity index (χ1v) is 7.45. The first-order valence-electron chi connectivity index (χ1n) is 7.45. The van der Waals surface area contributed by atoms with Gasteiger partial charge in [-0.25, -0.2) is 4.98 Å². The number of aromatic nitrogens is 1. The third kappa shape index (κ3) is 4.92. The highest BCUT2D eigenvalue weighted by molar-refractivity contribution is 5.92. The van der Waals surface area contributed by atoms with E-state index in [2.05, 4.69) is 10.3 Å². The fourth-order valence-electron chi connectivity index (χ4n) is 2.64. The van der Waals surface area contributed by atoms with E-state index in [4.69, 9.17) is 0 Å². The van der Waals surface area contributed by atoms with E-state index in [1.54, 1.807) is 32.2 Å². The van der Waals surface area contributed by atoms with Gasteiger partial charge in [-0.1, -0.05) is 6.07 Å². The summed E-state index contributed by atoms with van der Waals surface area (Å²) in [6, 6.07) is 4.45. The van der Waals surface area contributed by atoms with Crippen LogP contribution < -0.4 is 5.32 Å². The molecule has 0 saturated carbocycles. The summed E-state index contributed by atoms with van der Waals surface area (Å²) < 4.78 is 37.2. The number of aryl methyl sites for hydroxylation is 1. The number of rotatable bonds is 5. The van der Waals surface area contributed by atoms with E-state index in [0.717, 1.165) is 10.6 Å². The Balaban J connectivity index is 1.89. The largest absolute Gasteiger partial charge is 0.406 e. The van der Waals surface area contributed by atoms with E-state index >= 15 is 0 Å². The molecule has 1 N–H and O–H groups in total. The van der Waals surface area contributed by atoms with E-state index in [0.29, 0.717) is 5.82 Å². The zero-order valence-corrected chi connectivity index (χ0v) is 13.4. The van der Waals surface area contributed by atoms with Crippen LogP contribution in [0, 0.1) is 6.92 Å². The molecule has 0 radical (unpaired) electrons. The van der Waals surface area contributed by atoms with E-state index in [-0.39, 0.29) is 25.4 Å². The van der Waals surface area contributed by atoms with Crippen molar-refractivity contribution in [2.75, 3.05) is 32.0 Å². The molecular weight excluding hydrogens is 325 g/mol. The second-order valence-electron chi connectivity index (χ2n) is 5.81. The summed E-state index contributed by atoms with van der Waals surface area (Å²) in [6.07, 6.45) is -4.15. The van der Waals surface area contributed by atoms with Gasteiger partial charge in [0.2, 0.25) is 11.8 Å². The van der Waals surface area contributed by atoms with Gasteiger partial charge in [-0.15, -0.1) is 0 Å². The Hall–Kier alpha value is -2.16. The molecule has 24 heavy (non-hydrogen) atoms. The van der Waals surface area contributed by atoms with Gasteiger partial charge in [0.25, 0.3) is 0 Å². The molecule has 0 unspecified atom stereocenters. The van der Waals surface area contributed by atoms with E-state index in [1.165, 1.54) is 4.90 Å². The van der Waals surface area contributed by atoms with Crippen molar-refractivity contribution in [3.05, 3.63) is 23.9 Å². The average molecular weight is 344 g/mol. The summed E-state index contributed by atoms with van der Waals surface area (Å²) in [7, 11) is 1.54. The third-order valence-corrected chi connectivity index (χ3v) is 3.72. The number of carbonyl (C=O) groups excluding carboxylic acids is 2. The smallest absolute Gasteiger partial charge is 0.332 e. The lowest BCUT2D eigenvalue weighted by Crippen LogP contribution is -2.44. The molecular formula is C15H19F3N4O2. The van der Waals surface area contributed by atoms with Crippen LogP contribution in [0.15, 0.2) is 18.2 Å². The van der Waals surface area contributed by atoms with Gasteiger partial charge < -0.3 is 10.2 Å². The van der Waals surface area contributed by atoms with Crippen molar-refractivity contribution in [2.24, 2.45) is 0 Å². The normalized spacial score (nSPS) is 18.3. The number of halogens is 3. The zero-order chi connectivity index (χ0) is 17.9. The summed E-state index contributed by atoms with van der Waals surface area (Å²) >= 11 is 0. The molecule has 1 atom stereocenters. The number of likely N-dealkylation sites (N-methyl/N-ethyl adjacent to an activating group) is 1.